The van der Waals surface area contributed by atoms with Crippen LogP contribution in [-0.2, 0) is 4.79 Å². The van der Waals surface area contributed by atoms with E-state index in [0.29, 0.717) is 19.3 Å². The molecular weight excluding hydrogens is 418 g/mol. The zero-order valence-corrected chi connectivity index (χ0v) is 17.6. The Labute approximate surface area is 185 Å². The van der Waals surface area contributed by atoms with Crippen LogP contribution in [0.4, 0.5) is 0 Å². The minimum absolute atomic E-state index is 0.0353. The third-order valence-corrected chi connectivity index (χ3v) is 5.02. The van der Waals surface area contributed by atoms with E-state index >= 15 is 0 Å². The van der Waals surface area contributed by atoms with Gasteiger partial charge in [0.05, 0.1) is 17.2 Å². The van der Waals surface area contributed by atoms with Gasteiger partial charge in [-0.2, -0.15) is 0 Å². The molecule has 0 saturated carbocycles. The molecule has 1 amide bonds. The van der Waals surface area contributed by atoms with E-state index in [9.17, 15) is 39.9 Å². The summed E-state index contributed by atoms with van der Waals surface area (Å²) >= 11 is 0. The average molecular weight is 445 g/mol. The molecule has 172 valence electrons. The SMILES string of the molecule is C[C@@H](O)[C@H](NC(=O)c1cccc(O)c1O)C(=O)CCCCCC(=O)c1cccc(O)c1O. The first-order valence-corrected chi connectivity index (χ1v) is 10.2. The van der Waals surface area contributed by atoms with Crippen LogP contribution in [0.2, 0.25) is 0 Å². The summed E-state index contributed by atoms with van der Waals surface area (Å²) in [5.41, 5.74) is -0.190. The maximum Gasteiger partial charge on any atom is 0.255 e. The van der Waals surface area contributed by atoms with Crippen LogP contribution < -0.4 is 5.32 Å². The summed E-state index contributed by atoms with van der Waals surface area (Å²) < 4.78 is 0. The van der Waals surface area contributed by atoms with Gasteiger partial charge in [-0.3, -0.25) is 14.4 Å². The number of carbonyl (C=O) groups excluding carboxylic acids is 3. The number of hydrogen-bond donors (Lipinski definition) is 6. The molecule has 0 aromatic heterocycles. The van der Waals surface area contributed by atoms with Gasteiger partial charge in [-0.05, 0) is 44.0 Å². The third kappa shape index (κ3) is 6.21. The highest BCUT2D eigenvalue weighted by Gasteiger charge is 2.27. The lowest BCUT2D eigenvalue weighted by Gasteiger charge is -2.20. The maximum atomic E-state index is 12.5. The molecule has 2 rings (SSSR count). The van der Waals surface area contributed by atoms with Gasteiger partial charge in [0.2, 0.25) is 0 Å². The fourth-order valence-corrected chi connectivity index (χ4v) is 3.21. The predicted molar refractivity (Wildman–Crippen MR) is 115 cm³/mol. The number of para-hydroxylation sites is 2. The number of aromatic hydroxyl groups is 4. The van der Waals surface area contributed by atoms with Gasteiger partial charge in [0.1, 0.15) is 6.04 Å². The van der Waals surface area contributed by atoms with Crippen molar-refractivity contribution in [2.45, 2.75) is 51.2 Å². The number of nitrogens with one attached hydrogen (secondary N) is 1. The van der Waals surface area contributed by atoms with Gasteiger partial charge in [0, 0.05) is 12.8 Å². The minimum atomic E-state index is -1.20. The Bertz CT molecular complexity index is 986. The molecule has 9 heteroatoms. The number of ketones is 2. The molecule has 2 atom stereocenters. The Morgan fingerprint density at radius 3 is 1.94 bits per heavy atom. The highest BCUT2D eigenvalue weighted by molar-refractivity contribution is 6.01. The van der Waals surface area contributed by atoms with Crippen molar-refractivity contribution in [3.05, 3.63) is 47.5 Å². The van der Waals surface area contributed by atoms with Gasteiger partial charge >= 0.3 is 0 Å². The van der Waals surface area contributed by atoms with Crippen LogP contribution in [0.3, 0.4) is 0 Å². The van der Waals surface area contributed by atoms with Crippen LogP contribution in [-0.4, -0.2) is 55.2 Å². The van der Waals surface area contributed by atoms with Crippen LogP contribution >= 0.6 is 0 Å². The van der Waals surface area contributed by atoms with E-state index in [1.807, 2.05) is 0 Å². The second-order valence-corrected chi connectivity index (χ2v) is 7.49. The van der Waals surface area contributed by atoms with Crippen LogP contribution in [0.1, 0.15) is 59.7 Å². The van der Waals surface area contributed by atoms with E-state index in [1.165, 1.54) is 43.3 Å². The lowest BCUT2D eigenvalue weighted by atomic mass is 9.99. The molecule has 9 nitrogen and oxygen atoms in total. The van der Waals surface area contributed by atoms with Gasteiger partial charge in [-0.25, -0.2) is 0 Å². The Morgan fingerprint density at radius 1 is 0.812 bits per heavy atom. The topological polar surface area (TPSA) is 164 Å². The van der Waals surface area contributed by atoms with Crippen LogP contribution in [0.15, 0.2) is 36.4 Å². The van der Waals surface area contributed by atoms with Crippen molar-refractivity contribution in [1.29, 1.82) is 0 Å². The van der Waals surface area contributed by atoms with Gasteiger partial charge in [-0.1, -0.05) is 18.6 Å². The molecule has 0 aliphatic heterocycles. The van der Waals surface area contributed by atoms with E-state index in [-0.39, 0.29) is 35.5 Å². The van der Waals surface area contributed by atoms with Crippen molar-refractivity contribution in [1.82, 2.24) is 5.32 Å². The molecule has 2 aromatic rings. The molecular formula is C23H27NO8. The Kier molecular flexibility index (Phi) is 8.60. The number of aliphatic hydroxyl groups excluding tert-OH is 1. The van der Waals surface area contributed by atoms with Gasteiger partial charge in [0.25, 0.3) is 5.91 Å². The summed E-state index contributed by atoms with van der Waals surface area (Å²) in [6.07, 6.45) is 0.372. The molecule has 6 N–H and O–H groups in total. The third-order valence-electron chi connectivity index (χ3n) is 5.02. The second-order valence-electron chi connectivity index (χ2n) is 7.49. The van der Waals surface area contributed by atoms with Gasteiger partial charge in [0.15, 0.2) is 34.6 Å². The Hall–Kier alpha value is -3.59. The van der Waals surface area contributed by atoms with Crippen molar-refractivity contribution in [3.63, 3.8) is 0 Å². The van der Waals surface area contributed by atoms with Crippen molar-refractivity contribution >= 4 is 17.5 Å². The predicted octanol–water partition coefficient (Wildman–Crippen LogP) is 2.39. The zero-order valence-electron chi connectivity index (χ0n) is 17.6. The number of carbonyl (C=O) groups is 3. The number of unbranched alkanes of at least 4 members (excludes halogenated alkanes) is 2. The second kappa shape index (κ2) is 11.1. The van der Waals surface area contributed by atoms with Crippen molar-refractivity contribution < 1.29 is 39.9 Å². The van der Waals surface area contributed by atoms with Crippen molar-refractivity contribution in [2.75, 3.05) is 0 Å². The van der Waals surface area contributed by atoms with E-state index in [4.69, 9.17) is 0 Å². The summed E-state index contributed by atoms with van der Waals surface area (Å²) in [4.78, 5) is 37.0. The van der Waals surface area contributed by atoms with Gasteiger partial charge < -0.3 is 30.8 Å². The first-order chi connectivity index (χ1) is 15.1. The summed E-state index contributed by atoms with van der Waals surface area (Å²) in [7, 11) is 0. The number of benzene rings is 2. The Morgan fingerprint density at radius 2 is 1.34 bits per heavy atom. The molecule has 0 fully saturated rings. The molecule has 0 unspecified atom stereocenters. The lowest BCUT2D eigenvalue weighted by molar-refractivity contribution is -0.123. The zero-order chi connectivity index (χ0) is 23.8. The Balaban J connectivity index is 1.84. The molecule has 2 aromatic carbocycles. The molecule has 32 heavy (non-hydrogen) atoms. The number of phenolic OH excluding ortho intramolecular Hbond substituents is 4. The normalized spacial score (nSPS) is 12.7. The summed E-state index contributed by atoms with van der Waals surface area (Å²) in [5, 5.41) is 50.8. The smallest absolute Gasteiger partial charge is 0.255 e. The number of aliphatic hydroxyl groups is 1. The standard InChI is InChI=1S/C23H27NO8/c1-13(25)20(24-23(32)15-8-6-12-19(29)22(15)31)17(27)10-4-2-3-9-16(26)14-7-5-11-18(28)21(14)30/h5-8,11-13,20,25,28-31H,2-4,9-10H2,1H3,(H,24,32)/t13-,20+/m1/s1. The quantitative estimate of drug-likeness (QED) is 0.174. The molecule has 0 aliphatic rings. The van der Waals surface area contributed by atoms with Crippen molar-refractivity contribution in [2.24, 2.45) is 0 Å². The van der Waals surface area contributed by atoms with Crippen molar-refractivity contribution in [3.8, 4) is 23.0 Å². The molecule has 0 heterocycles. The largest absolute Gasteiger partial charge is 0.504 e. The highest BCUT2D eigenvalue weighted by Crippen LogP contribution is 2.30. The van der Waals surface area contributed by atoms with Gasteiger partial charge in [-0.15, -0.1) is 0 Å². The van der Waals surface area contributed by atoms with E-state index < -0.39 is 41.1 Å². The number of hydrogen-bond acceptors (Lipinski definition) is 8. The first-order valence-electron chi connectivity index (χ1n) is 10.2. The minimum Gasteiger partial charge on any atom is -0.504 e. The number of rotatable bonds is 11. The molecule has 0 spiro atoms. The number of Topliss-reactive ketones (excluding diaryl/α,β-unsaturated/α-hetero) is 2. The fourth-order valence-electron chi connectivity index (χ4n) is 3.21. The first kappa shape index (κ1) is 24.7. The molecule has 0 radical (unpaired) electrons. The molecule has 0 saturated heterocycles. The summed E-state index contributed by atoms with van der Waals surface area (Å²) in [6.45, 7) is 1.35. The lowest BCUT2D eigenvalue weighted by Crippen LogP contribution is -2.47. The molecule has 0 aliphatic carbocycles. The van der Waals surface area contributed by atoms with Crippen LogP contribution in [0.5, 0.6) is 23.0 Å². The van der Waals surface area contributed by atoms with Crippen LogP contribution in [0.25, 0.3) is 0 Å². The number of phenols is 4. The van der Waals surface area contributed by atoms with E-state index in [0.717, 1.165) is 0 Å². The highest BCUT2D eigenvalue weighted by atomic mass is 16.3. The summed E-state index contributed by atoms with van der Waals surface area (Å²) in [5.74, 6) is -3.48. The molecule has 0 bridgehead atoms. The average Bonchev–Trinajstić information content (AvgIpc) is 2.74. The van der Waals surface area contributed by atoms with Crippen LogP contribution in [0, 0.1) is 0 Å². The fraction of sp³-hybridized carbons (Fsp3) is 0.348. The maximum absolute atomic E-state index is 12.5. The van der Waals surface area contributed by atoms with E-state index in [1.54, 1.807) is 0 Å². The summed E-state index contributed by atoms with van der Waals surface area (Å²) in [6, 6.07) is 6.79. The monoisotopic (exact) mass is 445 g/mol. The number of amides is 1. The van der Waals surface area contributed by atoms with E-state index in [2.05, 4.69) is 5.32 Å².